The predicted octanol–water partition coefficient (Wildman–Crippen LogP) is 3.85. The topological polar surface area (TPSA) is 49.3 Å². The number of amides is 1. The number of rotatable bonds is 3. The summed E-state index contributed by atoms with van der Waals surface area (Å²) in [5, 5.41) is 12.8. The number of hydrogen-bond acceptors (Lipinski definition) is 2. The van der Waals surface area contributed by atoms with E-state index >= 15 is 0 Å². The maximum atomic E-state index is 12.2. The molecule has 2 rings (SSSR count). The molecule has 1 aromatic rings. The van der Waals surface area contributed by atoms with Gasteiger partial charge in [-0.1, -0.05) is 42.1 Å². The number of nitrogens with one attached hydrogen (secondary N) is 1. The van der Waals surface area contributed by atoms with Crippen LogP contribution in [-0.4, -0.2) is 17.1 Å². The summed E-state index contributed by atoms with van der Waals surface area (Å²) in [6.07, 6.45) is 5.71. The molecule has 0 radical (unpaired) electrons. The molecule has 1 fully saturated rings. The molecule has 0 heterocycles. The van der Waals surface area contributed by atoms with Crippen molar-refractivity contribution in [1.29, 1.82) is 0 Å². The Bertz CT molecular complexity index is 461. The molecule has 4 heteroatoms. The van der Waals surface area contributed by atoms with Gasteiger partial charge in [0.2, 0.25) is 0 Å². The van der Waals surface area contributed by atoms with Crippen molar-refractivity contribution in [3.8, 4) is 5.75 Å². The normalized spacial score (nSPS) is 23.1. The lowest BCUT2D eigenvalue weighted by Gasteiger charge is -2.29. The Labute approximate surface area is 122 Å². The number of hydrogen-bond donors (Lipinski definition) is 2. The van der Waals surface area contributed by atoms with Crippen LogP contribution in [0.3, 0.4) is 0 Å². The van der Waals surface area contributed by atoms with Gasteiger partial charge in [-0.25, -0.2) is 0 Å². The van der Waals surface area contributed by atoms with E-state index in [9.17, 15) is 9.90 Å². The molecule has 0 saturated heterocycles. The number of benzene rings is 1. The van der Waals surface area contributed by atoms with Gasteiger partial charge < -0.3 is 10.4 Å². The second-order valence-electron chi connectivity index (χ2n) is 5.27. The molecule has 1 saturated carbocycles. The molecule has 1 aliphatic carbocycles. The van der Waals surface area contributed by atoms with Crippen molar-refractivity contribution < 1.29 is 9.90 Å². The third-order valence-electron chi connectivity index (χ3n) is 3.90. The van der Waals surface area contributed by atoms with Crippen LogP contribution in [-0.2, 0) is 0 Å². The highest BCUT2D eigenvalue weighted by molar-refractivity contribution is 9.10. The first-order chi connectivity index (χ1) is 9.10. The minimum absolute atomic E-state index is 0.0311. The van der Waals surface area contributed by atoms with Crippen LogP contribution in [0.25, 0.3) is 0 Å². The van der Waals surface area contributed by atoms with E-state index in [2.05, 4.69) is 28.2 Å². The Morgan fingerprint density at radius 1 is 1.47 bits per heavy atom. The highest BCUT2D eigenvalue weighted by Crippen LogP contribution is 2.27. The predicted molar refractivity (Wildman–Crippen MR) is 79.3 cm³/mol. The number of phenolic OH excluding ortho intramolecular Hbond substituents is 1. The van der Waals surface area contributed by atoms with Crippen LogP contribution >= 0.6 is 15.9 Å². The molecule has 2 N–H and O–H groups in total. The van der Waals surface area contributed by atoms with Crippen molar-refractivity contribution >= 4 is 21.8 Å². The zero-order valence-corrected chi connectivity index (χ0v) is 12.7. The maximum absolute atomic E-state index is 12.2. The van der Waals surface area contributed by atoms with E-state index < -0.39 is 0 Å². The first-order valence-corrected chi connectivity index (χ1v) is 7.68. The molecule has 1 aliphatic rings. The standard InChI is InChI=1S/C15H20BrNO2/c1-2-10-4-3-5-12(8-10)17-15(19)13-9-11(16)6-7-14(13)18/h6-7,9-10,12,18H,2-5,8H2,1H3,(H,17,19). The molecular formula is C15H20BrNO2. The van der Waals surface area contributed by atoms with Crippen molar-refractivity contribution in [2.24, 2.45) is 5.92 Å². The second-order valence-corrected chi connectivity index (χ2v) is 6.19. The smallest absolute Gasteiger partial charge is 0.255 e. The van der Waals surface area contributed by atoms with Gasteiger partial charge in [0.25, 0.3) is 5.91 Å². The van der Waals surface area contributed by atoms with Crippen LogP contribution in [0, 0.1) is 5.92 Å². The van der Waals surface area contributed by atoms with E-state index in [-0.39, 0.29) is 17.7 Å². The summed E-state index contributed by atoms with van der Waals surface area (Å²) in [7, 11) is 0. The molecule has 1 aromatic carbocycles. The zero-order valence-electron chi connectivity index (χ0n) is 11.2. The number of phenols is 1. The Balaban J connectivity index is 2.02. The largest absolute Gasteiger partial charge is 0.507 e. The van der Waals surface area contributed by atoms with Gasteiger partial charge in [-0.2, -0.15) is 0 Å². The van der Waals surface area contributed by atoms with Gasteiger partial charge in [0, 0.05) is 10.5 Å². The van der Waals surface area contributed by atoms with Crippen LogP contribution in [0.15, 0.2) is 22.7 Å². The van der Waals surface area contributed by atoms with E-state index in [1.54, 1.807) is 12.1 Å². The summed E-state index contributed by atoms with van der Waals surface area (Å²) >= 11 is 3.32. The molecule has 104 valence electrons. The van der Waals surface area contributed by atoms with Crippen LogP contribution in [0.4, 0.5) is 0 Å². The van der Waals surface area contributed by atoms with Crippen LogP contribution in [0.5, 0.6) is 5.75 Å². The van der Waals surface area contributed by atoms with Crippen molar-refractivity contribution in [1.82, 2.24) is 5.32 Å². The average Bonchev–Trinajstić information content (AvgIpc) is 2.41. The molecule has 0 aliphatic heterocycles. The Hall–Kier alpha value is -1.03. The lowest BCUT2D eigenvalue weighted by Crippen LogP contribution is -2.38. The molecule has 19 heavy (non-hydrogen) atoms. The summed E-state index contributed by atoms with van der Waals surface area (Å²) in [4.78, 5) is 12.2. The maximum Gasteiger partial charge on any atom is 0.255 e. The molecule has 3 nitrogen and oxygen atoms in total. The third kappa shape index (κ3) is 3.72. The van der Waals surface area contributed by atoms with Crippen LogP contribution in [0.1, 0.15) is 49.4 Å². The van der Waals surface area contributed by atoms with Crippen molar-refractivity contribution in [2.45, 2.75) is 45.1 Å². The van der Waals surface area contributed by atoms with E-state index in [0.717, 1.165) is 23.2 Å². The monoisotopic (exact) mass is 325 g/mol. The molecule has 0 spiro atoms. The highest BCUT2D eigenvalue weighted by Gasteiger charge is 2.23. The highest BCUT2D eigenvalue weighted by atomic mass is 79.9. The van der Waals surface area contributed by atoms with Gasteiger partial charge in [0.05, 0.1) is 5.56 Å². The van der Waals surface area contributed by atoms with Gasteiger partial charge in [0.1, 0.15) is 5.75 Å². The summed E-state index contributed by atoms with van der Waals surface area (Å²) < 4.78 is 0.797. The van der Waals surface area contributed by atoms with Gasteiger partial charge in [-0.3, -0.25) is 4.79 Å². The molecule has 1 amide bonds. The van der Waals surface area contributed by atoms with Crippen molar-refractivity contribution in [2.75, 3.05) is 0 Å². The van der Waals surface area contributed by atoms with Gasteiger partial charge in [0.15, 0.2) is 0 Å². The number of carbonyl (C=O) groups excluding carboxylic acids is 1. The summed E-state index contributed by atoms with van der Waals surface area (Å²) in [6.45, 7) is 2.20. The van der Waals surface area contributed by atoms with Crippen LogP contribution < -0.4 is 5.32 Å². The molecular weight excluding hydrogens is 306 g/mol. The van der Waals surface area contributed by atoms with E-state index in [0.29, 0.717) is 5.56 Å². The Kier molecular flexibility index (Phi) is 4.86. The SMILES string of the molecule is CCC1CCCC(NC(=O)c2cc(Br)ccc2O)C1. The van der Waals surface area contributed by atoms with Gasteiger partial charge in [-0.05, 0) is 37.0 Å². The van der Waals surface area contributed by atoms with Crippen molar-refractivity contribution in [3.63, 3.8) is 0 Å². The van der Waals surface area contributed by atoms with E-state index in [1.807, 2.05) is 0 Å². The lowest BCUT2D eigenvalue weighted by molar-refractivity contribution is 0.0916. The first-order valence-electron chi connectivity index (χ1n) is 6.89. The first kappa shape index (κ1) is 14.4. The van der Waals surface area contributed by atoms with E-state index in [1.165, 1.54) is 25.3 Å². The fourth-order valence-corrected chi connectivity index (χ4v) is 3.11. The Morgan fingerprint density at radius 2 is 2.26 bits per heavy atom. The third-order valence-corrected chi connectivity index (χ3v) is 4.39. The quantitative estimate of drug-likeness (QED) is 0.886. The average molecular weight is 326 g/mol. The lowest BCUT2D eigenvalue weighted by atomic mass is 9.84. The minimum atomic E-state index is -0.180. The summed E-state index contributed by atoms with van der Waals surface area (Å²) in [5.41, 5.74) is 0.341. The number of halogens is 1. The summed E-state index contributed by atoms with van der Waals surface area (Å²) in [5.74, 6) is 0.569. The van der Waals surface area contributed by atoms with Crippen molar-refractivity contribution in [3.05, 3.63) is 28.2 Å². The fourth-order valence-electron chi connectivity index (χ4n) is 2.75. The molecule has 0 aromatic heterocycles. The molecule has 0 bridgehead atoms. The molecule has 2 unspecified atom stereocenters. The second kappa shape index (κ2) is 6.42. The van der Waals surface area contributed by atoms with Gasteiger partial charge >= 0.3 is 0 Å². The fraction of sp³-hybridized carbons (Fsp3) is 0.533. The number of aromatic hydroxyl groups is 1. The molecule has 2 atom stereocenters. The van der Waals surface area contributed by atoms with E-state index in [4.69, 9.17) is 0 Å². The van der Waals surface area contributed by atoms with Crippen LogP contribution in [0.2, 0.25) is 0 Å². The summed E-state index contributed by atoms with van der Waals surface area (Å²) in [6, 6.07) is 5.16. The number of carbonyl (C=O) groups is 1. The minimum Gasteiger partial charge on any atom is -0.507 e. The van der Waals surface area contributed by atoms with Gasteiger partial charge in [-0.15, -0.1) is 0 Å². The zero-order chi connectivity index (χ0) is 13.8. The Morgan fingerprint density at radius 3 is 3.00 bits per heavy atom.